The van der Waals surface area contributed by atoms with Gasteiger partial charge in [-0.15, -0.1) is 0 Å². The highest BCUT2D eigenvalue weighted by Crippen LogP contribution is 2.20. The summed E-state index contributed by atoms with van der Waals surface area (Å²) in [6, 6.07) is -0.237. The van der Waals surface area contributed by atoms with Crippen LogP contribution in [0.4, 0.5) is 11.9 Å². The van der Waals surface area contributed by atoms with Gasteiger partial charge in [0, 0.05) is 0 Å². The van der Waals surface area contributed by atoms with Crippen molar-refractivity contribution >= 4 is 17.9 Å². The van der Waals surface area contributed by atoms with Gasteiger partial charge in [-0.2, -0.15) is 15.0 Å². The number of anilines is 2. The third-order valence-electron chi connectivity index (χ3n) is 2.98. The molecule has 2 rings (SSSR count). The highest BCUT2D eigenvalue weighted by molar-refractivity contribution is 5.76. The van der Waals surface area contributed by atoms with Gasteiger partial charge in [-0.25, -0.2) is 0 Å². The van der Waals surface area contributed by atoms with Gasteiger partial charge in [0.15, 0.2) is 0 Å². The van der Waals surface area contributed by atoms with E-state index in [9.17, 15) is 4.79 Å². The Kier molecular flexibility index (Phi) is 4.10. The summed E-state index contributed by atoms with van der Waals surface area (Å²) in [4.78, 5) is 25.5. The maximum atomic E-state index is 11.8. The van der Waals surface area contributed by atoms with E-state index >= 15 is 0 Å². The molecule has 0 amide bonds. The first-order valence-corrected chi connectivity index (χ1v) is 6.26. The molecule has 0 radical (unpaired) electrons. The lowest BCUT2D eigenvalue weighted by molar-refractivity contribution is -0.148. The molecule has 2 heterocycles. The smallest absolute Gasteiger partial charge is 0.323 e. The van der Waals surface area contributed by atoms with Crippen LogP contribution in [-0.4, -0.2) is 45.0 Å². The van der Waals surface area contributed by atoms with Gasteiger partial charge in [0.05, 0.1) is 13.2 Å². The second-order valence-electron chi connectivity index (χ2n) is 4.35. The van der Waals surface area contributed by atoms with Crippen LogP contribution >= 0.6 is 0 Å². The fraction of sp³-hybridized carbons (Fsp3) is 0.636. The first-order chi connectivity index (χ1) is 9.10. The number of carbonyl (C=O) groups excluding carboxylic acids is 1. The highest BCUT2D eigenvalue weighted by Gasteiger charge is 2.32. The van der Waals surface area contributed by atoms with Crippen LogP contribution < -0.4 is 11.5 Å². The summed E-state index contributed by atoms with van der Waals surface area (Å²) in [7, 11) is 0. The fourth-order valence-corrected chi connectivity index (χ4v) is 2.23. The SMILES string of the molecule is CCOC(=O)C1CCCN1Cc1nc(N)nc(N)n1. The second kappa shape index (κ2) is 5.79. The number of aromatic nitrogens is 3. The van der Waals surface area contributed by atoms with E-state index in [2.05, 4.69) is 15.0 Å². The molecule has 4 N–H and O–H groups in total. The summed E-state index contributed by atoms with van der Waals surface area (Å²) in [6.45, 7) is 3.40. The van der Waals surface area contributed by atoms with Crippen molar-refractivity contribution in [3.8, 4) is 0 Å². The maximum Gasteiger partial charge on any atom is 0.323 e. The first kappa shape index (κ1) is 13.5. The van der Waals surface area contributed by atoms with Gasteiger partial charge in [0.25, 0.3) is 0 Å². The van der Waals surface area contributed by atoms with Gasteiger partial charge in [-0.3, -0.25) is 9.69 Å². The quantitative estimate of drug-likeness (QED) is 0.704. The molecular formula is C11H18N6O2. The van der Waals surface area contributed by atoms with Crippen molar-refractivity contribution in [1.29, 1.82) is 0 Å². The molecule has 0 aliphatic carbocycles. The van der Waals surface area contributed by atoms with Crippen LogP contribution in [-0.2, 0) is 16.1 Å². The van der Waals surface area contributed by atoms with Crippen molar-refractivity contribution in [2.45, 2.75) is 32.4 Å². The zero-order valence-corrected chi connectivity index (χ0v) is 10.9. The predicted octanol–water partition coefficient (Wildman–Crippen LogP) is -0.436. The zero-order chi connectivity index (χ0) is 13.8. The van der Waals surface area contributed by atoms with Crippen LogP contribution in [0.15, 0.2) is 0 Å². The number of hydrogen-bond acceptors (Lipinski definition) is 8. The van der Waals surface area contributed by atoms with Crippen molar-refractivity contribution in [3.63, 3.8) is 0 Å². The van der Waals surface area contributed by atoms with E-state index in [0.29, 0.717) is 19.0 Å². The van der Waals surface area contributed by atoms with E-state index in [1.54, 1.807) is 6.92 Å². The molecule has 8 nitrogen and oxygen atoms in total. The Balaban J connectivity index is 2.06. The minimum Gasteiger partial charge on any atom is -0.465 e. The summed E-state index contributed by atoms with van der Waals surface area (Å²) in [5.41, 5.74) is 11.0. The molecule has 1 aliphatic rings. The molecular weight excluding hydrogens is 248 g/mol. The molecule has 1 fully saturated rings. The molecule has 1 saturated heterocycles. The molecule has 1 unspecified atom stereocenters. The van der Waals surface area contributed by atoms with E-state index in [0.717, 1.165) is 19.4 Å². The number of ether oxygens (including phenoxy) is 1. The van der Waals surface area contributed by atoms with Crippen molar-refractivity contribution in [2.24, 2.45) is 0 Å². The van der Waals surface area contributed by atoms with Gasteiger partial charge in [-0.1, -0.05) is 0 Å². The monoisotopic (exact) mass is 266 g/mol. The normalized spacial score (nSPS) is 19.5. The van der Waals surface area contributed by atoms with Crippen LogP contribution in [0.2, 0.25) is 0 Å². The molecule has 1 atom stereocenters. The number of nitrogens with two attached hydrogens (primary N) is 2. The number of nitrogen functional groups attached to an aromatic ring is 2. The Morgan fingerprint density at radius 3 is 2.68 bits per heavy atom. The van der Waals surface area contributed by atoms with Crippen LogP contribution in [0, 0.1) is 0 Å². The third-order valence-corrected chi connectivity index (χ3v) is 2.98. The molecule has 0 saturated carbocycles. The largest absolute Gasteiger partial charge is 0.465 e. The van der Waals surface area contributed by atoms with Crippen LogP contribution in [0.3, 0.4) is 0 Å². The maximum absolute atomic E-state index is 11.8. The van der Waals surface area contributed by atoms with E-state index in [-0.39, 0.29) is 23.9 Å². The first-order valence-electron chi connectivity index (χ1n) is 6.26. The Morgan fingerprint density at radius 1 is 1.37 bits per heavy atom. The average Bonchev–Trinajstić information content (AvgIpc) is 2.76. The van der Waals surface area contributed by atoms with E-state index < -0.39 is 0 Å². The molecule has 1 aliphatic heterocycles. The number of rotatable bonds is 4. The number of likely N-dealkylation sites (tertiary alicyclic amines) is 1. The van der Waals surface area contributed by atoms with Crippen molar-refractivity contribution in [1.82, 2.24) is 19.9 Å². The van der Waals surface area contributed by atoms with Crippen molar-refractivity contribution in [3.05, 3.63) is 5.82 Å². The number of esters is 1. The Labute approximate surface area is 111 Å². The lowest BCUT2D eigenvalue weighted by Crippen LogP contribution is -2.37. The number of nitrogens with zero attached hydrogens (tertiary/aromatic N) is 4. The Morgan fingerprint density at radius 2 is 2.05 bits per heavy atom. The summed E-state index contributed by atoms with van der Waals surface area (Å²) >= 11 is 0. The fourth-order valence-electron chi connectivity index (χ4n) is 2.23. The van der Waals surface area contributed by atoms with Gasteiger partial charge in [-0.05, 0) is 26.3 Å². The molecule has 0 aromatic carbocycles. The number of hydrogen-bond donors (Lipinski definition) is 2. The van der Waals surface area contributed by atoms with E-state index in [1.807, 2.05) is 4.90 Å². The van der Waals surface area contributed by atoms with E-state index in [1.165, 1.54) is 0 Å². The van der Waals surface area contributed by atoms with Gasteiger partial charge < -0.3 is 16.2 Å². The zero-order valence-electron chi connectivity index (χ0n) is 10.9. The molecule has 1 aromatic rings. The van der Waals surface area contributed by atoms with Crippen molar-refractivity contribution in [2.75, 3.05) is 24.6 Å². The van der Waals surface area contributed by atoms with Crippen molar-refractivity contribution < 1.29 is 9.53 Å². The standard InChI is InChI=1S/C11H18N6O2/c1-2-19-9(18)7-4-3-5-17(7)6-8-14-10(12)16-11(13)15-8/h7H,2-6H2,1H3,(H4,12,13,14,15,16). The van der Waals surface area contributed by atoms with Crippen LogP contribution in [0.25, 0.3) is 0 Å². The topological polar surface area (TPSA) is 120 Å². The minimum absolute atomic E-state index is 0.0920. The summed E-state index contributed by atoms with van der Waals surface area (Å²) < 4.78 is 5.06. The average molecular weight is 266 g/mol. The molecule has 19 heavy (non-hydrogen) atoms. The number of carbonyl (C=O) groups is 1. The summed E-state index contributed by atoms with van der Waals surface area (Å²) in [5.74, 6) is 0.458. The summed E-state index contributed by atoms with van der Waals surface area (Å²) in [6.07, 6.45) is 1.73. The predicted molar refractivity (Wildman–Crippen MR) is 68.7 cm³/mol. The Hall–Kier alpha value is -1.96. The van der Waals surface area contributed by atoms with Gasteiger partial charge in [0.2, 0.25) is 11.9 Å². The minimum atomic E-state index is -0.237. The van der Waals surface area contributed by atoms with Gasteiger partial charge >= 0.3 is 5.97 Å². The van der Waals surface area contributed by atoms with E-state index in [4.69, 9.17) is 16.2 Å². The van der Waals surface area contributed by atoms with Gasteiger partial charge in [0.1, 0.15) is 11.9 Å². The molecule has 8 heteroatoms. The lowest BCUT2D eigenvalue weighted by Gasteiger charge is -2.21. The van der Waals surface area contributed by atoms with Crippen LogP contribution in [0.1, 0.15) is 25.6 Å². The molecule has 0 bridgehead atoms. The van der Waals surface area contributed by atoms with Crippen LogP contribution in [0.5, 0.6) is 0 Å². The summed E-state index contributed by atoms with van der Waals surface area (Å²) in [5, 5.41) is 0. The highest BCUT2D eigenvalue weighted by atomic mass is 16.5. The molecule has 0 spiro atoms. The molecule has 1 aromatic heterocycles. The Bertz CT molecular complexity index is 446. The molecule has 104 valence electrons. The second-order valence-corrected chi connectivity index (χ2v) is 4.35. The lowest BCUT2D eigenvalue weighted by atomic mass is 10.2. The third kappa shape index (κ3) is 3.28.